The Labute approximate surface area is 99.1 Å². The molecule has 1 aliphatic heterocycles. The van der Waals surface area contributed by atoms with E-state index in [9.17, 15) is 9.59 Å². The van der Waals surface area contributed by atoms with Gasteiger partial charge >= 0.3 is 11.9 Å². The van der Waals surface area contributed by atoms with Crippen molar-refractivity contribution < 1.29 is 19.1 Å². The molecule has 5 atom stereocenters. The largest absolute Gasteiger partial charge is 0.458 e. The average Bonchev–Trinajstić information content (AvgIpc) is 2.82. The highest BCUT2D eigenvalue weighted by Crippen LogP contribution is 2.55. The monoisotopic (exact) mass is 242 g/mol. The zero-order valence-corrected chi connectivity index (χ0v) is 9.69. The van der Waals surface area contributed by atoms with Crippen molar-refractivity contribution in [3.05, 3.63) is 0 Å². The number of rotatable bonds is 3. The van der Waals surface area contributed by atoms with Crippen LogP contribution in [0, 0.1) is 17.8 Å². The van der Waals surface area contributed by atoms with Gasteiger partial charge in [-0.25, -0.2) is 0 Å². The van der Waals surface area contributed by atoms with Crippen molar-refractivity contribution in [2.45, 2.75) is 31.5 Å². The molecule has 0 N–H and O–H groups in total. The smallest absolute Gasteiger partial charge is 0.309 e. The van der Waals surface area contributed by atoms with E-state index in [4.69, 9.17) is 9.47 Å². The van der Waals surface area contributed by atoms with Crippen LogP contribution in [0.25, 0.3) is 0 Å². The van der Waals surface area contributed by atoms with Gasteiger partial charge in [0, 0.05) is 17.6 Å². The number of carbonyl (C=O) groups excluding carboxylic acids is 2. The van der Waals surface area contributed by atoms with Crippen LogP contribution in [-0.2, 0) is 19.1 Å². The van der Waals surface area contributed by atoms with E-state index in [0.717, 1.165) is 12.8 Å². The van der Waals surface area contributed by atoms with E-state index >= 15 is 0 Å². The predicted molar refractivity (Wildman–Crippen MR) is 57.9 cm³/mol. The van der Waals surface area contributed by atoms with Crippen molar-refractivity contribution in [1.82, 2.24) is 0 Å². The Kier molecular flexibility index (Phi) is 2.38. The average molecular weight is 242 g/mol. The molecule has 5 heteroatoms. The molecule has 0 spiro atoms. The van der Waals surface area contributed by atoms with E-state index in [1.165, 1.54) is 0 Å². The van der Waals surface area contributed by atoms with Crippen molar-refractivity contribution in [3.8, 4) is 0 Å². The van der Waals surface area contributed by atoms with Crippen LogP contribution in [0.15, 0.2) is 0 Å². The topological polar surface area (TPSA) is 52.6 Å². The van der Waals surface area contributed by atoms with Gasteiger partial charge in [-0.3, -0.25) is 9.59 Å². The van der Waals surface area contributed by atoms with Crippen molar-refractivity contribution in [1.29, 1.82) is 0 Å². The molecular formula is C11H14O4S. The molecule has 2 bridgehead atoms. The molecule has 0 aromatic heterocycles. The van der Waals surface area contributed by atoms with Crippen molar-refractivity contribution >= 4 is 24.6 Å². The lowest BCUT2D eigenvalue weighted by molar-refractivity contribution is -0.161. The van der Waals surface area contributed by atoms with Crippen molar-refractivity contribution in [2.75, 3.05) is 5.75 Å². The normalized spacial score (nSPS) is 43.6. The molecule has 5 unspecified atom stereocenters. The molecule has 1 heterocycles. The first-order chi connectivity index (χ1) is 7.70. The number of hydrogen-bond donors (Lipinski definition) is 1. The van der Waals surface area contributed by atoms with Gasteiger partial charge < -0.3 is 9.47 Å². The molecule has 0 amide bonds. The third kappa shape index (κ3) is 1.37. The Morgan fingerprint density at radius 3 is 3.06 bits per heavy atom. The Bertz CT molecular complexity index is 343. The SMILES string of the molecule is O=C(CCS)OC1C2CC3C(=O)OC1C3C2. The summed E-state index contributed by atoms with van der Waals surface area (Å²) in [5, 5.41) is 0. The van der Waals surface area contributed by atoms with Crippen LogP contribution >= 0.6 is 12.6 Å². The minimum absolute atomic E-state index is 0.0785. The van der Waals surface area contributed by atoms with E-state index in [2.05, 4.69) is 12.6 Å². The van der Waals surface area contributed by atoms with Gasteiger partial charge in [-0.15, -0.1) is 0 Å². The van der Waals surface area contributed by atoms with E-state index in [0.29, 0.717) is 24.0 Å². The van der Waals surface area contributed by atoms with Crippen LogP contribution in [0.1, 0.15) is 19.3 Å². The molecule has 0 radical (unpaired) electrons. The molecule has 0 aromatic carbocycles. The first-order valence-electron chi connectivity index (χ1n) is 5.71. The van der Waals surface area contributed by atoms with Crippen molar-refractivity contribution in [2.24, 2.45) is 17.8 Å². The molecule has 4 nitrogen and oxygen atoms in total. The standard InChI is InChI=1S/C11H14O4S/c12-8(1-2-16)14-9-5-3-6-7(4-5)11(13)15-10(6)9/h5-7,9-10,16H,1-4H2. The summed E-state index contributed by atoms with van der Waals surface area (Å²) in [5.74, 6) is 0.876. The lowest BCUT2D eigenvalue weighted by Crippen LogP contribution is -2.36. The van der Waals surface area contributed by atoms with Crippen LogP contribution < -0.4 is 0 Å². The first-order valence-corrected chi connectivity index (χ1v) is 6.35. The lowest BCUT2D eigenvalue weighted by Gasteiger charge is -2.25. The van der Waals surface area contributed by atoms with E-state index < -0.39 is 0 Å². The quantitative estimate of drug-likeness (QED) is 0.587. The Morgan fingerprint density at radius 2 is 2.31 bits per heavy atom. The summed E-state index contributed by atoms with van der Waals surface area (Å²) < 4.78 is 10.7. The van der Waals surface area contributed by atoms with E-state index in [1.54, 1.807) is 0 Å². The zero-order valence-electron chi connectivity index (χ0n) is 8.80. The maximum absolute atomic E-state index is 11.5. The lowest BCUT2D eigenvalue weighted by atomic mass is 9.88. The van der Waals surface area contributed by atoms with Gasteiger partial charge in [0.2, 0.25) is 0 Å². The van der Waals surface area contributed by atoms with Gasteiger partial charge in [0.05, 0.1) is 12.3 Å². The van der Waals surface area contributed by atoms with Gasteiger partial charge in [-0.2, -0.15) is 12.6 Å². The Hall–Kier alpha value is -0.710. The fourth-order valence-corrected chi connectivity index (χ4v) is 3.55. The second-order valence-corrected chi connectivity index (χ2v) is 5.28. The molecule has 16 heavy (non-hydrogen) atoms. The Morgan fingerprint density at radius 1 is 1.50 bits per heavy atom. The number of carbonyl (C=O) groups is 2. The second kappa shape index (κ2) is 3.65. The molecule has 1 saturated heterocycles. The van der Waals surface area contributed by atoms with E-state index in [-0.39, 0.29) is 30.1 Å². The van der Waals surface area contributed by atoms with Crippen LogP contribution in [-0.4, -0.2) is 29.9 Å². The summed E-state index contributed by atoms with van der Waals surface area (Å²) in [7, 11) is 0. The third-order valence-electron chi connectivity index (χ3n) is 4.00. The highest BCUT2D eigenvalue weighted by Gasteiger charge is 2.63. The summed E-state index contributed by atoms with van der Waals surface area (Å²) in [4.78, 5) is 22.9. The van der Waals surface area contributed by atoms with Gasteiger partial charge in [-0.1, -0.05) is 0 Å². The fourth-order valence-electron chi connectivity index (χ4n) is 3.37. The van der Waals surface area contributed by atoms with Crippen LogP contribution in [0.3, 0.4) is 0 Å². The summed E-state index contributed by atoms with van der Waals surface area (Å²) in [6.07, 6.45) is 1.76. The number of ether oxygens (including phenoxy) is 2. The van der Waals surface area contributed by atoms with Gasteiger partial charge in [0.25, 0.3) is 0 Å². The summed E-state index contributed by atoms with van der Waals surface area (Å²) >= 11 is 3.99. The fraction of sp³-hybridized carbons (Fsp3) is 0.818. The number of esters is 2. The summed E-state index contributed by atoms with van der Waals surface area (Å²) in [5.41, 5.74) is 0. The molecular weight excluding hydrogens is 228 g/mol. The van der Waals surface area contributed by atoms with Gasteiger partial charge in [-0.05, 0) is 12.8 Å². The molecule has 3 aliphatic rings. The van der Waals surface area contributed by atoms with Crippen LogP contribution in [0.5, 0.6) is 0 Å². The first kappa shape index (κ1) is 10.4. The summed E-state index contributed by atoms with van der Waals surface area (Å²) in [6.45, 7) is 0. The maximum Gasteiger partial charge on any atom is 0.309 e. The highest BCUT2D eigenvalue weighted by atomic mass is 32.1. The van der Waals surface area contributed by atoms with E-state index in [1.807, 2.05) is 0 Å². The number of thiol groups is 1. The minimum Gasteiger partial charge on any atom is -0.458 e. The molecule has 2 aliphatic carbocycles. The highest BCUT2D eigenvalue weighted by molar-refractivity contribution is 7.80. The molecule has 3 rings (SSSR count). The number of hydrogen-bond acceptors (Lipinski definition) is 5. The summed E-state index contributed by atoms with van der Waals surface area (Å²) in [6, 6.07) is 0. The molecule has 3 fully saturated rings. The van der Waals surface area contributed by atoms with Gasteiger partial charge in [0.15, 0.2) is 0 Å². The molecule has 88 valence electrons. The molecule has 2 saturated carbocycles. The van der Waals surface area contributed by atoms with Crippen LogP contribution in [0.4, 0.5) is 0 Å². The maximum atomic E-state index is 11.5. The van der Waals surface area contributed by atoms with Gasteiger partial charge in [0.1, 0.15) is 12.2 Å². The zero-order chi connectivity index (χ0) is 11.3. The third-order valence-corrected chi connectivity index (χ3v) is 4.22. The minimum atomic E-state index is -0.230. The number of fused-ring (bicyclic) bond motifs is 1. The second-order valence-electron chi connectivity index (χ2n) is 4.83. The predicted octanol–water partition coefficient (Wildman–Crippen LogP) is 0.800. The Balaban J connectivity index is 1.70. The van der Waals surface area contributed by atoms with Crippen LogP contribution in [0.2, 0.25) is 0 Å². The molecule has 0 aromatic rings. The van der Waals surface area contributed by atoms with Crippen molar-refractivity contribution in [3.63, 3.8) is 0 Å².